The molecule has 0 spiro atoms. The van der Waals surface area contributed by atoms with Crippen LogP contribution in [0.2, 0.25) is 0 Å². The summed E-state index contributed by atoms with van der Waals surface area (Å²) in [6.45, 7) is 11.0. The lowest BCUT2D eigenvalue weighted by molar-refractivity contribution is 0.575. The zero-order valence-electron chi connectivity index (χ0n) is 16.9. The number of nitrogens with zero attached hydrogens (tertiary/aromatic N) is 1. The van der Waals surface area contributed by atoms with Crippen molar-refractivity contribution in [3.05, 3.63) is 36.4 Å². The van der Waals surface area contributed by atoms with Crippen LogP contribution in [0.15, 0.2) is 30.8 Å². The Morgan fingerprint density at radius 1 is 0.720 bits per heavy atom. The lowest BCUT2D eigenvalue weighted by Gasteiger charge is -2.27. The monoisotopic (exact) mass is 343 g/mol. The van der Waals surface area contributed by atoms with Crippen molar-refractivity contribution in [2.75, 3.05) is 18.0 Å². The third kappa shape index (κ3) is 9.72. The molecule has 0 aromatic heterocycles. The van der Waals surface area contributed by atoms with Gasteiger partial charge in [0.25, 0.3) is 0 Å². The maximum absolute atomic E-state index is 4.01. The van der Waals surface area contributed by atoms with Crippen molar-refractivity contribution in [3.8, 4) is 0 Å². The van der Waals surface area contributed by atoms with E-state index in [-0.39, 0.29) is 0 Å². The van der Waals surface area contributed by atoms with Crippen molar-refractivity contribution in [2.24, 2.45) is 0 Å². The second-order valence-electron chi connectivity index (χ2n) is 7.29. The maximum Gasteiger partial charge on any atom is 0.0439 e. The number of unbranched alkanes of at least 4 members (excludes halogenated alkanes) is 10. The molecule has 0 saturated heterocycles. The molecule has 1 nitrogen and oxygen atoms in total. The molecule has 0 aliphatic carbocycles. The highest BCUT2D eigenvalue weighted by Crippen LogP contribution is 2.23. The zero-order chi connectivity index (χ0) is 18.2. The second kappa shape index (κ2) is 15.0. The molecule has 0 fully saturated rings. The van der Waals surface area contributed by atoms with Gasteiger partial charge in [-0.25, -0.2) is 0 Å². The number of para-hydroxylation sites is 1. The molecule has 25 heavy (non-hydrogen) atoms. The van der Waals surface area contributed by atoms with Crippen molar-refractivity contribution in [1.29, 1.82) is 0 Å². The van der Waals surface area contributed by atoms with Gasteiger partial charge in [0.05, 0.1) is 0 Å². The quantitative estimate of drug-likeness (QED) is 0.276. The first-order valence-electron chi connectivity index (χ1n) is 10.8. The minimum absolute atomic E-state index is 1.19. The van der Waals surface area contributed by atoms with Crippen LogP contribution in [0.5, 0.6) is 0 Å². The Labute approximate surface area is 157 Å². The van der Waals surface area contributed by atoms with Crippen LogP contribution in [0, 0.1) is 0 Å². The SMILES string of the molecule is C=Cc1ccccc1N(CCCCCCCC)CCCCCCCC. The Bertz CT molecular complexity index is 421. The Hall–Kier alpha value is -1.24. The molecule has 1 aromatic carbocycles. The highest BCUT2D eigenvalue weighted by molar-refractivity contribution is 5.66. The predicted molar refractivity (Wildman–Crippen MR) is 115 cm³/mol. The molecule has 0 aliphatic heterocycles. The van der Waals surface area contributed by atoms with E-state index in [1.54, 1.807) is 0 Å². The first kappa shape index (κ1) is 21.8. The summed E-state index contributed by atoms with van der Waals surface area (Å²) in [5.74, 6) is 0. The number of rotatable bonds is 16. The van der Waals surface area contributed by atoms with Crippen molar-refractivity contribution < 1.29 is 0 Å². The van der Waals surface area contributed by atoms with E-state index in [9.17, 15) is 0 Å². The topological polar surface area (TPSA) is 3.24 Å². The van der Waals surface area contributed by atoms with E-state index >= 15 is 0 Å². The van der Waals surface area contributed by atoms with Crippen molar-refractivity contribution in [3.63, 3.8) is 0 Å². The second-order valence-corrected chi connectivity index (χ2v) is 7.29. The van der Waals surface area contributed by atoms with E-state index in [1.165, 1.54) is 101 Å². The molecule has 0 bridgehead atoms. The van der Waals surface area contributed by atoms with Gasteiger partial charge in [-0.2, -0.15) is 0 Å². The van der Waals surface area contributed by atoms with Crippen LogP contribution >= 0.6 is 0 Å². The standard InChI is InChI=1S/C24H41N/c1-4-7-9-11-13-17-21-25(22-18-14-12-10-8-5-2)24-20-16-15-19-23(24)6-3/h6,15-16,19-20H,3-5,7-14,17-18,21-22H2,1-2H3. The fourth-order valence-electron chi connectivity index (χ4n) is 3.47. The van der Waals surface area contributed by atoms with Crippen LogP contribution in [0.25, 0.3) is 6.08 Å². The number of benzene rings is 1. The van der Waals surface area contributed by atoms with Crippen LogP contribution in [0.1, 0.15) is 96.5 Å². The van der Waals surface area contributed by atoms with Gasteiger partial charge < -0.3 is 4.90 Å². The van der Waals surface area contributed by atoms with Crippen LogP contribution in [0.3, 0.4) is 0 Å². The molecular formula is C24H41N. The molecule has 0 amide bonds. The summed E-state index contributed by atoms with van der Waals surface area (Å²) >= 11 is 0. The van der Waals surface area contributed by atoms with Crippen molar-refractivity contribution in [1.82, 2.24) is 0 Å². The van der Waals surface area contributed by atoms with Gasteiger partial charge in [-0.1, -0.05) is 109 Å². The number of hydrogen-bond acceptors (Lipinski definition) is 1. The fourth-order valence-corrected chi connectivity index (χ4v) is 3.47. The highest BCUT2D eigenvalue weighted by atomic mass is 15.1. The molecule has 1 rings (SSSR count). The molecule has 0 heterocycles. The average molecular weight is 344 g/mol. The molecule has 0 saturated carbocycles. The Morgan fingerprint density at radius 3 is 1.72 bits per heavy atom. The first-order valence-corrected chi connectivity index (χ1v) is 10.8. The molecule has 0 atom stereocenters. The summed E-state index contributed by atoms with van der Waals surface area (Å²) in [5.41, 5.74) is 2.65. The molecule has 0 unspecified atom stereocenters. The molecule has 142 valence electrons. The van der Waals surface area contributed by atoms with Gasteiger partial charge in [-0.3, -0.25) is 0 Å². The van der Waals surface area contributed by atoms with Crippen molar-refractivity contribution in [2.45, 2.75) is 90.9 Å². The summed E-state index contributed by atoms with van der Waals surface area (Å²) in [7, 11) is 0. The lowest BCUT2D eigenvalue weighted by atomic mass is 10.1. The average Bonchev–Trinajstić information content (AvgIpc) is 2.65. The van der Waals surface area contributed by atoms with E-state index in [2.05, 4.69) is 49.6 Å². The molecule has 1 aromatic rings. The highest BCUT2D eigenvalue weighted by Gasteiger charge is 2.09. The zero-order valence-corrected chi connectivity index (χ0v) is 16.9. The van der Waals surface area contributed by atoms with Crippen molar-refractivity contribution >= 4 is 11.8 Å². The van der Waals surface area contributed by atoms with Crippen LogP contribution in [0.4, 0.5) is 5.69 Å². The lowest BCUT2D eigenvalue weighted by Crippen LogP contribution is -2.26. The fraction of sp³-hybridized carbons (Fsp3) is 0.667. The molecule has 0 N–H and O–H groups in total. The minimum Gasteiger partial charge on any atom is -0.371 e. The third-order valence-electron chi connectivity index (χ3n) is 5.06. The largest absolute Gasteiger partial charge is 0.371 e. The first-order chi connectivity index (χ1) is 12.3. The smallest absolute Gasteiger partial charge is 0.0439 e. The Balaban J connectivity index is 2.47. The minimum atomic E-state index is 1.19. The normalized spacial score (nSPS) is 10.8. The van der Waals surface area contributed by atoms with Gasteiger partial charge >= 0.3 is 0 Å². The summed E-state index contributed by atoms with van der Waals surface area (Å²) < 4.78 is 0. The van der Waals surface area contributed by atoms with E-state index in [1.807, 2.05) is 6.08 Å². The van der Waals surface area contributed by atoms with Gasteiger partial charge in [0.1, 0.15) is 0 Å². The molecular weight excluding hydrogens is 302 g/mol. The summed E-state index contributed by atoms with van der Waals surface area (Å²) in [5, 5.41) is 0. The van der Waals surface area contributed by atoms with Gasteiger partial charge in [0.15, 0.2) is 0 Å². The van der Waals surface area contributed by atoms with Gasteiger partial charge in [0.2, 0.25) is 0 Å². The summed E-state index contributed by atoms with van der Waals surface area (Å²) in [4.78, 5) is 2.61. The Kier molecular flexibility index (Phi) is 13.1. The molecule has 1 heteroatoms. The Morgan fingerprint density at radius 2 is 1.20 bits per heavy atom. The molecule has 0 radical (unpaired) electrons. The van der Waals surface area contributed by atoms with Gasteiger partial charge in [-0.05, 0) is 24.5 Å². The predicted octanol–water partition coefficient (Wildman–Crippen LogP) is 7.86. The van der Waals surface area contributed by atoms with Crippen LogP contribution in [-0.4, -0.2) is 13.1 Å². The number of hydrogen-bond donors (Lipinski definition) is 0. The van der Waals surface area contributed by atoms with E-state index in [0.29, 0.717) is 0 Å². The van der Waals surface area contributed by atoms with Crippen LogP contribution in [-0.2, 0) is 0 Å². The summed E-state index contributed by atoms with van der Waals surface area (Å²) in [6, 6.07) is 8.75. The summed E-state index contributed by atoms with van der Waals surface area (Å²) in [6.07, 6.45) is 18.4. The van der Waals surface area contributed by atoms with Gasteiger partial charge in [0, 0.05) is 18.8 Å². The molecule has 0 aliphatic rings. The maximum atomic E-state index is 4.01. The number of anilines is 1. The van der Waals surface area contributed by atoms with E-state index in [0.717, 1.165) is 0 Å². The third-order valence-corrected chi connectivity index (χ3v) is 5.06. The van der Waals surface area contributed by atoms with E-state index < -0.39 is 0 Å². The van der Waals surface area contributed by atoms with Gasteiger partial charge in [-0.15, -0.1) is 0 Å². The van der Waals surface area contributed by atoms with Crippen LogP contribution < -0.4 is 4.90 Å². The van der Waals surface area contributed by atoms with E-state index in [4.69, 9.17) is 0 Å².